The van der Waals surface area contributed by atoms with Crippen molar-refractivity contribution in [2.75, 3.05) is 6.61 Å². The van der Waals surface area contributed by atoms with Gasteiger partial charge < -0.3 is 9.84 Å². The molecule has 0 amide bonds. The first kappa shape index (κ1) is 22.1. The van der Waals surface area contributed by atoms with Crippen molar-refractivity contribution in [2.45, 2.75) is 36.4 Å². The third-order valence-electron chi connectivity index (χ3n) is 4.80. The van der Waals surface area contributed by atoms with Crippen molar-refractivity contribution in [3.8, 4) is 0 Å². The van der Waals surface area contributed by atoms with Crippen LogP contribution in [0.5, 0.6) is 0 Å². The van der Waals surface area contributed by atoms with E-state index < -0.39 is 21.6 Å². The topological polar surface area (TPSA) is 46.5 Å². The zero-order valence-electron chi connectivity index (χ0n) is 17.6. The molecule has 30 heavy (non-hydrogen) atoms. The molecule has 0 saturated heterocycles. The van der Waals surface area contributed by atoms with E-state index in [1.54, 1.807) is 0 Å². The SMILES string of the molecule is CC(C)(C)OCC(SC(c1ccccc1)(c1ccccc1)c1ccccc1)C(=O)O. The minimum Gasteiger partial charge on any atom is -0.480 e. The molecular formula is C26H28O3S. The number of carbonyl (C=O) groups is 1. The van der Waals surface area contributed by atoms with Crippen LogP contribution in [0.15, 0.2) is 91.0 Å². The van der Waals surface area contributed by atoms with Gasteiger partial charge in [-0.25, -0.2) is 0 Å². The van der Waals surface area contributed by atoms with Gasteiger partial charge in [0.2, 0.25) is 0 Å². The van der Waals surface area contributed by atoms with Gasteiger partial charge in [0.25, 0.3) is 0 Å². The van der Waals surface area contributed by atoms with Gasteiger partial charge >= 0.3 is 5.97 Å². The normalized spacial score (nSPS) is 13.0. The maximum Gasteiger partial charge on any atom is 0.319 e. The quantitative estimate of drug-likeness (QED) is 0.455. The van der Waals surface area contributed by atoms with Crippen molar-refractivity contribution in [1.82, 2.24) is 0 Å². The first-order valence-electron chi connectivity index (χ1n) is 10.0. The lowest BCUT2D eigenvalue weighted by molar-refractivity contribution is -0.138. The smallest absolute Gasteiger partial charge is 0.319 e. The molecule has 0 aliphatic rings. The van der Waals surface area contributed by atoms with Crippen molar-refractivity contribution in [2.24, 2.45) is 0 Å². The van der Waals surface area contributed by atoms with E-state index in [-0.39, 0.29) is 6.61 Å². The van der Waals surface area contributed by atoms with Gasteiger partial charge in [-0.05, 0) is 37.5 Å². The van der Waals surface area contributed by atoms with Gasteiger partial charge in [0.1, 0.15) is 5.25 Å². The highest BCUT2D eigenvalue weighted by molar-refractivity contribution is 8.02. The molecule has 0 aromatic heterocycles. The van der Waals surface area contributed by atoms with Crippen molar-refractivity contribution in [3.63, 3.8) is 0 Å². The molecule has 4 heteroatoms. The van der Waals surface area contributed by atoms with Gasteiger partial charge in [0.05, 0.1) is 17.0 Å². The van der Waals surface area contributed by atoms with Crippen LogP contribution in [0.1, 0.15) is 37.5 Å². The van der Waals surface area contributed by atoms with E-state index in [0.717, 1.165) is 16.7 Å². The number of carboxylic acids is 1. The Morgan fingerprint density at radius 3 is 1.47 bits per heavy atom. The summed E-state index contributed by atoms with van der Waals surface area (Å²) in [6.07, 6.45) is 0. The number of ether oxygens (including phenoxy) is 1. The predicted molar refractivity (Wildman–Crippen MR) is 124 cm³/mol. The summed E-state index contributed by atoms with van der Waals surface area (Å²) < 4.78 is 5.22. The van der Waals surface area contributed by atoms with Gasteiger partial charge in [-0.15, -0.1) is 11.8 Å². The van der Waals surface area contributed by atoms with Gasteiger partial charge in [-0.1, -0.05) is 91.0 Å². The fourth-order valence-electron chi connectivity index (χ4n) is 3.42. The van der Waals surface area contributed by atoms with Crippen molar-refractivity contribution in [3.05, 3.63) is 108 Å². The van der Waals surface area contributed by atoms with Gasteiger partial charge in [-0.3, -0.25) is 4.79 Å². The average Bonchev–Trinajstić information content (AvgIpc) is 2.75. The maximum atomic E-state index is 12.3. The van der Waals surface area contributed by atoms with E-state index >= 15 is 0 Å². The number of rotatable bonds is 8. The van der Waals surface area contributed by atoms with Crippen LogP contribution in [0.3, 0.4) is 0 Å². The summed E-state index contributed by atoms with van der Waals surface area (Å²) >= 11 is 1.42. The fourth-order valence-corrected chi connectivity index (χ4v) is 4.90. The van der Waals surface area contributed by atoms with E-state index in [2.05, 4.69) is 36.4 Å². The number of thioether (sulfide) groups is 1. The minimum atomic E-state index is -0.878. The van der Waals surface area contributed by atoms with E-state index in [1.807, 2.05) is 75.4 Å². The van der Waals surface area contributed by atoms with Crippen LogP contribution in [0, 0.1) is 0 Å². The Balaban J connectivity index is 2.19. The minimum absolute atomic E-state index is 0.123. The van der Waals surface area contributed by atoms with Crippen LogP contribution >= 0.6 is 11.8 Å². The highest BCUT2D eigenvalue weighted by Crippen LogP contribution is 2.50. The summed E-state index contributed by atoms with van der Waals surface area (Å²) in [4.78, 5) is 12.3. The molecule has 0 radical (unpaired) electrons. The number of aliphatic carboxylic acids is 1. The zero-order chi connectivity index (χ0) is 21.6. The molecule has 0 spiro atoms. The molecule has 1 unspecified atom stereocenters. The van der Waals surface area contributed by atoms with Gasteiger partial charge in [-0.2, -0.15) is 0 Å². The molecule has 0 bridgehead atoms. The first-order chi connectivity index (χ1) is 14.3. The monoisotopic (exact) mass is 420 g/mol. The molecule has 1 N–H and O–H groups in total. The molecule has 3 aromatic rings. The molecule has 0 fully saturated rings. The summed E-state index contributed by atoms with van der Waals surface area (Å²) in [5, 5.41) is 9.33. The average molecular weight is 421 g/mol. The Morgan fingerprint density at radius 2 is 1.17 bits per heavy atom. The lowest BCUT2D eigenvalue weighted by Crippen LogP contribution is -2.35. The summed E-state index contributed by atoms with van der Waals surface area (Å²) in [5.74, 6) is -0.878. The molecular weight excluding hydrogens is 392 g/mol. The molecule has 3 nitrogen and oxygen atoms in total. The van der Waals surface area contributed by atoms with Crippen LogP contribution in [-0.4, -0.2) is 28.5 Å². The third-order valence-corrected chi connectivity index (χ3v) is 6.49. The van der Waals surface area contributed by atoms with Crippen LogP contribution in [0.4, 0.5) is 0 Å². The highest BCUT2D eigenvalue weighted by Gasteiger charge is 2.41. The molecule has 0 saturated carbocycles. The second-order valence-corrected chi connectivity index (χ2v) is 9.56. The number of hydrogen-bond acceptors (Lipinski definition) is 3. The van der Waals surface area contributed by atoms with Gasteiger partial charge in [0.15, 0.2) is 0 Å². The van der Waals surface area contributed by atoms with Crippen LogP contribution in [0.25, 0.3) is 0 Å². The summed E-state index contributed by atoms with van der Waals surface area (Å²) in [6.45, 7) is 5.94. The lowest BCUT2D eigenvalue weighted by Gasteiger charge is -2.37. The first-order valence-corrected chi connectivity index (χ1v) is 10.9. The standard InChI is InChI=1S/C26H28O3S/c1-25(2,3)29-19-23(24(27)28)30-26(20-13-7-4-8-14-20,21-15-9-5-10-16-21)22-17-11-6-12-18-22/h4-18,23H,19H2,1-3H3,(H,27,28). The molecule has 0 heterocycles. The zero-order valence-corrected chi connectivity index (χ0v) is 18.4. The molecule has 0 aliphatic heterocycles. The van der Waals surface area contributed by atoms with Crippen molar-refractivity contribution in [1.29, 1.82) is 0 Å². The Labute approximate surface area is 183 Å². The second kappa shape index (κ2) is 9.50. The van der Waals surface area contributed by atoms with E-state index in [1.165, 1.54) is 11.8 Å². The predicted octanol–water partition coefficient (Wildman–Crippen LogP) is 5.98. The summed E-state index contributed by atoms with van der Waals surface area (Å²) in [5.41, 5.74) is 2.70. The van der Waals surface area contributed by atoms with Crippen LogP contribution < -0.4 is 0 Å². The van der Waals surface area contributed by atoms with E-state index in [4.69, 9.17) is 4.74 Å². The third kappa shape index (κ3) is 5.13. The number of benzene rings is 3. The highest BCUT2D eigenvalue weighted by atomic mass is 32.2. The number of hydrogen-bond donors (Lipinski definition) is 1. The number of carboxylic acid groups (broad SMARTS) is 1. The largest absolute Gasteiger partial charge is 0.480 e. The maximum absolute atomic E-state index is 12.3. The van der Waals surface area contributed by atoms with Crippen LogP contribution in [-0.2, 0) is 14.3 Å². The lowest BCUT2D eigenvalue weighted by atomic mass is 9.84. The van der Waals surface area contributed by atoms with Crippen LogP contribution in [0.2, 0.25) is 0 Å². The molecule has 3 aromatic carbocycles. The Morgan fingerprint density at radius 1 is 0.800 bits per heavy atom. The molecule has 1 atom stereocenters. The molecule has 0 aliphatic carbocycles. The summed E-state index contributed by atoms with van der Waals surface area (Å²) in [7, 11) is 0. The van der Waals surface area contributed by atoms with Gasteiger partial charge in [0, 0.05) is 0 Å². The Hall–Kier alpha value is -2.56. The molecule has 156 valence electrons. The second-order valence-electron chi connectivity index (χ2n) is 8.15. The van der Waals surface area contributed by atoms with E-state index in [9.17, 15) is 9.90 Å². The Bertz CT molecular complexity index is 838. The van der Waals surface area contributed by atoms with E-state index in [0.29, 0.717) is 0 Å². The Kier molecular flexibility index (Phi) is 7.01. The van der Waals surface area contributed by atoms with Crippen molar-refractivity contribution < 1.29 is 14.6 Å². The van der Waals surface area contributed by atoms with Crippen molar-refractivity contribution >= 4 is 17.7 Å². The fraction of sp³-hybridized carbons (Fsp3) is 0.269. The molecule has 3 rings (SSSR count). The summed E-state index contributed by atoms with van der Waals surface area (Å²) in [6, 6.07) is 30.3.